The number of aromatic nitrogens is 2. The van der Waals surface area contributed by atoms with Crippen LogP contribution in [0.15, 0.2) is 30.6 Å². The van der Waals surface area contributed by atoms with Crippen LogP contribution >= 0.6 is 0 Å². The summed E-state index contributed by atoms with van der Waals surface area (Å²) < 4.78 is 6.18. The van der Waals surface area contributed by atoms with Crippen LogP contribution in [0.25, 0.3) is 0 Å². The first-order valence-electron chi connectivity index (χ1n) is 7.91. The SMILES string of the molecule is Cc1cccc(C)c1OC1CCN(C(=O)Nc2cn[nH]c2)CC1. The number of carbonyl (C=O) groups is 1. The third-order valence-corrected chi connectivity index (χ3v) is 4.17. The van der Waals surface area contributed by atoms with Gasteiger partial charge >= 0.3 is 6.03 Å². The molecular weight excluding hydrogens is 292 g/mol. The molecule has 0 aliphatic carbocycles. The minimum Gasteiger partial charge on any atom is -0.490 e. The summed E-state index contributed by atoms with van der Waals surface area (Å²) in [5, 5.41) is 9.32. The molecule has 1 saturated heterocycles. The van der Waals surface area contributed by atoms with E-state index >= 15 is 0 Å². The average molecular weight is 314 g/mol. The maximum absolute atomic E-state index is 12.2. The molecule has 0 unspecified atom stereocenters. The van der Waals surface area contributed by atoms with Crippen molar-refractivity contribution < 1.29 is 9.53 Å². The van der Waals surface area contributed by atoms with Crippen LogP contribution in [0.2, 0.25) is 0 Å². The van der Waals surface area contributed by atoms with E-state index in [0.717, 1.165) is 29.7 Å². The molecule has 0 spiro atoms. The summed E-state index contributed by atoms with van der Waals surface area (Å²) in [6.45, 7) is 5.52. The lowest BCUT2D eigenvalue weighted by Gasteiger charge is -2.32. The Labute approximate surface area is 135 Å². The largest absolute Gasteiger partial charge is 0.490 e. The maximum Gasteiger partial charge on any atom is 0.321 e. The van der Waals surface area contributed by atoms with Crippen molar-refractivity contribution in [3.8, 4) is 5.75 Å². The predicted octanol–water partition coefficient (Wildman–Crippen LogP) is 3.10. The fourth-order valence-electron chi connectivity index (χ4n) is 2.85. The molecule has 0 bridgehead atoms. The zero-order valence-electron chi connectivity index (χ0n) is 13.5. The number of aryl methyl sites for hydroxylation is 2. The Bertz CT molecular complexity index is 641. The summed E-state index contributed by atoms with van der Waals surface area (Å²) in [6.07, 6.45) is 5.09. The number of likely N-dealkylation sites (tertiary alicyclic amines) is 1. The number of benzene rings is 1. The number of hydrogen-bond donors (Lipinski definition) is 2. The number of anilines is 1. The van der Waals surface area contributed by atoms with Gasteiger partial charge in [-0.2, -0.15) is 5.10 Å². The Balaban J connectivity index is 1.53. The van der Waals surface area contributed by atoms with Gasteiger partial charge < -0.3 is 15.0 Å². The van der Waals surface area contributed by atoms with E-state index in [-0.39, 0.29) is 12.1 Å². The van der Waals surface area contributed by atoms with Gasteiger partial charge in [0.1, 0.15) is 11.9 Å². The summed E-state index contributed by atoms with van der Waals surface area (Å²) in [5.74, 6) is 0.980. The highest BCUT2D eigenvalue weighted by molar-refractivity contribution is 5.89. The second kappa shape index (κ2) is 6.73. The number of piperidine rings is 1. The third-order valence-electron chi connectivity index (χ3n) is 4.17. The second-order valence-electron chi connectivity index (χ2n) is 5.94. The van der Waals surface area contributed by atoms with Crippen molar-refractivity contribution in [1.29, 1.82) is 0 Å². The first kappa shape index (κ1) is 15.4. The van der Waals surface area contributed by atoms with Gasteiger partial charge in [-0.3, -0.25) is 5.10 Å². The van der Waals surface area contributed by atoms with Gasteiger partial charge in [0.05, 0.1) is 11.9 Å². The molecule has 1 fully saturated rings. The highest BCUT2D eigenvalue weighted by Gasteiger charge is 2.24. The molecule has 2 N–H and O–H groups in total. The number of para-hydroxylation sites is 1. The molecule has 2 amide bonds. The molecule has 1 aliphatic rings. The van der Waals surface area contributed by atoms with Crippen LogP contribution in [0.1, 0.15) is 24.0 Å². The average Bonchev–Trinajstić information content (AvgIpc) is 3.04. The van der Waals surface area contributed by atoms with E-state index in [1.54, 1.807) is 12.4 Å². The number of urea groups is 1. The van der Waals surface area contributed by atoms with Gasteiger partial charge in [-0.05, 0) is 25.0 Å². The van der Waals surface area contributed by atoms with Crippen molar-refractivity contribution >= 4 is 11.7 Å². The number of ether oxygens (including phenoxy) is 1. The molecule has 0 atom stereocenters. The normalized spacial score (nSPS) is 15.5. The molecule has 1 aromatic heterocycles. The Morgan fingerprint density at radius 2 is 2.00 bits per heavy atom. The fourth-order valence-corrected chi connectivity index (χ4v) is 2.85. The predicted molar refractivity (Wildman–Crippen MR) is 88.7 cm³/mol. The summed E-state index contributed by atoms with van der Waals surface area (Å²) in [4.78, 5) is 14.0. The first-order valence-corrected chi connectivity index (χ1v) is 7.91. The van der Waals surface area contributed by atoms with Crippen LogP contribution in [0, 0.1) is 13.8 Å². The molecule has 122 valence electrons. The van der Waals surface area contributed by atoms with E-state index < -0.39 is 0 Å². The summed E-state index contributed by atoms with van der Waals surface area (Å²) >= 11 is 0. The highest BCUT2D eigenvalue weighted by Crippen LogP contribution is 2.26. The molecule has 1 aromatic carbocycles. The van der Waals surface area contributed by atoms with Crippen molar-refractivity contribution in [2.45, 2.75) is 32.8 Å². The quantitative estimate of drug-likeness (QED) is 0.914. The lowest BCUT2D eigenvalue weighted by atomic mass is 10.1. The van der Waals surface area contributed by atoms with Crippen LogP contribution in [-0.2, 0) is 0 Å². The van der Waals surface area contributed by atoms with Gasteiger partial charge in [0.15, 0.2) is 0 Å². The van der Waals surface area contributed by atoms with Gasteiger partial charge in [-0.1, -0.05) is 18.2 Å². The Morgan fingerprint density at radius 3 is 2.61 bits per heavy atom. The second-order valence-corrected chi connectivity index (χ2v) is 5.94. The zero-order valence-corrected chi connectivity index (χ0v) is 13.5. The van der Waals surface area contributed by atoms with Crippen molar-refractivity contribution in [3.63, 3.8) is 0 Å². The lowest BCUT2D eigenvalue weighted by Crippen LogP contribution is -2.43. The van der Waals surface area contributed by atoms with Crippen molar-refractivity contribution in [3.05, 3.63) is 41.7 Å². The number of nitrogens with one attached hydrogen (secondary N) is 2. The van der Waals surface area contributed by atoms with Crippen LogP contribution in [0.3, 0.4) is 0 Å². The standard InChI is InChI=1S/C17H22N4O2/c1-12-4-3-5-13(2)16(12)23-15-6-8-21(9-7-15)17(22)20-14-10-18-19-11-14/h3-5,10-11,15H,6-9H2,1-2H3,(H,18,19)(H,20,22). The van der Waals surface area contributed by atoms with E-state index in [1.807, 2.05) is 11.0 Å². The van der Waals surface area contributed by atoms with Crippen LogP contribution in [0.4, 0.5) is 10.5 Å². The number of nitrogens with zero attached hydrogens (tertiary/aromatic N) is 2. The molecule has 6 heteroatoms. The van der Waals surface area contributed by atoms with Gasteiger partial charge in [0.2, 0.25) is 0 Å². The molecular formula is C17H22N4O2. The molecule has 3 rings (SSSR count). The van der Waals surface area contributed by atoms with Crippen LogP contribution in [-0.4, -0.2) is 40.3 Å². The van der Waals surface area contributed by atoms with Gasteiger partial charge in [-0.25, -0.2) is 4.79 Å². The molecule has 23 heavy (non-hydrogen) atoms. The van der Waals surface area contributed by atoms with Crippen molar-refractivity contribution in [2.24, 2.45) is 0 Å². The van der Waals surface area contributed by atoms with Crippen LogP contribution in [0.5, 0.6) is 5.75 Å². The number of amides is 2. The number of rotatable bonds is 3. The van der Waals surface area contributed by atoms with Crippen molar-refractivity contribution in [1.82, 2.24) is 15.1 Å². The summed E-state index contributed by atoms with van der Waals surface area (Å²) in [6, 6.07) is 6.09. The summed E-state index contributed by atoms with van der Waals surface area (Å²) in [5.41, 5.74) is 3.00. The van der Waals surface area contributed by atoms with Crippen LogP contribution < -0.4 is 10.1 Å². The van der Waals surface area contributed by atoms with E-state index in [9.17, 15) is 4.79 Å². The molecule has 6 nitrogen and oxygen atoms in total. The number of carbonyl (C=O) groups excluding carboxylic acids is 1. The fraction of sp³-hybridized carbons (Fsp3) is 0.412. The Morgan fingerprint density at radius 1 is 1.30 bits per heavy atom. The molecule has 0 radical (unpaired) electrons. The minimum absolute atomic E-state index is 0.0862. The van der Waals surface area contributed by atoms with Gasteiger partial charge in [0, 0.05) is 32.1 Å². The Kier molecular flexibility index (Phi) is 4.50. The van der Waals surface area contributed by atoms with Gasteiger partial charge in [0.25, 0.3) is 0 Å². The topological polar surface area (TPSA) is 70.2 Å². The first-order chi connectivity index (χ1) is 11.1. The summed E-state index contributed by atoms with van der Waals surface area (Å²) in [7, 11) is 0. The molecule has 0 saturated carbocycles. The van der Waals surface area contributed by atoms with Crippen molar-refractivity contribution in [2.75, 3.05) is 18.4 Å². The van der Waals surface area contributed by atoms with E-state index in [4.69, 9.17) is 4.74 Å². The molecule has 2 heterocycles. The molecule has 2 aromatic rings. The minimum atomic E-state index is -0.0862. The van der Waals surface area contributed by atoms with E-state index in [2.05, 4.69) is 41.5 Å². The smallest absolute Gasteiger partial charge is 0.321 e. The Hall–Kier alpha value is -2.50. The third kappa shape index (κ3) is 3.64. The number of hydrogen-bond acceptors (Lipinski definition) is 3. The monoisotopic (exact) mass is 314 g/mol. The van der Waals surface area contributed by atoms with E-state index in [0.29, 0.717) is 18.8 Å². The number of aromatic amines is 1. The van der Waals surface area contributed by atoms with E-state index in [1.165, 1.54) is 0 Å². The number of H-pyrrole nitrogens is 1. The maximum atomic E-state index is 12.2. The zero-order chi connectivity index (χ0) is 16.2. The van der Waals surface area contributed by atoms with Gasteiger partial charge in [-0.15, -0.1) is 0 Å². The molecule has 1 aliphatic heterocycles. The highest BCUT2D eigenvalue weighted by atomic mass is 16.5. The lowest BCUT2D eigenvalue weighted by molar-refractivity contribution is 0.114.